The number of anilines is 1. The van der Waals surface area contributed by atoms with E-state index in [0.717, 1.165) is 5.52 Å². The predicted octanol–water partition coefficient (Wildman–Crippen LogP) is 5.07. The lowest BCUT2D eigenvalue weighted by atomic mass is 9.96. The molecule has 3 rings (SSSR count). The number of nitrogens with zero attached hydrogens (tertiary/aromatic N) is 1. The first-order chi connectivity index (χ1) is 9.84. The number of benzene rings is 1. The fourth-order valence-electron chi connectivity index (χ4n) is 3.26. The minimum Gasteiger partial charge on any atom is -0.382 e. The largest absolute Gasteiger partial charge is 0.382 e. The van der Waals surface area contributed by atoms with Crippen LogP contribution in [0.2, 0.25) is 0 Å². The Morgan fingerprint density at radius 2 is 1.75 bits per heavy atom. The van der Waals surface area contributed by atoms with Crippen molar-refractivity contribution in [2.75, 3.05) is 5.32 Å². The summed E-state index contributed by atoms with van der Waals surface area (Å²) >= 11 is 0. The number of rotatable bonds is 2. The molecule has 1 aliphatic rings. The molecule has 2 aromatic rings. The molecule has 106 valence electrons. The van der Waals surface area contributed by atoms with Crippen LogP contribution in [0, 0.1) is 6.92 Å². The Morgan fingerprint density at radius 3 is 2.55 bits per heavy atom. The molecule has 0 spiro atoms. The van der Waals surface area contributed by atoms with Gasteiger partial charge in [0.2, 0.25) is 0 Å². The maximum Gasteiger partial charge on any atom is 0.0751 e. The number of hydrogen-bond donors (Lipinski definition) is 1. The third-order valence-electron chi connectivity index (χ3n) is 4.44. The Hall–Kier alpha value is -1.57. The molecule has 0 saturated heterocycles. The van der Waals surface area contributed by atoms with E-state index in [4.69, 9.17) is 0 Å². The molecule has 1 aliphatic carbocycles. The van der Waals surface area contributed by atoms with Gasteiger partial charge in [0.05, 0.1) is 5.52 Å². The van der Waals surface area contributed by atoms with E-state index in [-0.39, 0.29) is 0 Å². The second-order valence-electron chi connectivity index (χ2n) is 6.02. The molecule has 0 unspecified atom stereocenters. The first-order valence-electron chi connectivity index (χ1n) is 7.95. The van der Waals surface area contributed by atoms with Crippen molar-refractivity contribution in [1.82, 2.24) is 4.98 Å². The lowest BCUT2D eigenvalue weighted by molar-refractivity contribution is 0.471. The molecule has 20 heavy (non-hydrogen) atoms. The fourth-order valence-corrected chi connectivity index (χ4v) is 3.26. The van der Waals surface area contributed by atoms with Crippen molar-refractivity contribution in [3.63, 3.8) is 0 Å². The molecular weight excluding hydrogens is 244 g/mol. The second kappa shape index (κ2) is 6.25. The summed E-state index contributed by atoms with van der Waals surface area (Å²) < 4.78 is 0. The topological polar surface area (TPSA) is 24.9 Å². The highest BCUT2D eigenvalue weighted by Crippen LogP contribution is 2.27. The Kier molecular flexibility index (Phi) is 4.19. The molecule has 0 atom stereocenters. The van der Waals surface area contributed by atoms with Gasteiger partial charge in [-0.3, -0.25) is 4.98 Å². The van der Waals surface area contributed by atoms with E-state index in [1.165, 1.54) is 61.6 Å². The van der Waals surface area contributed by atoms with Crippen molar-refractivity contribution in [3.05, 3.63) is 36.0 Å². The van der Waals surface area contributed by atoms with Crippen LogP contribution in [0.4, 0.5) is 5.69 Å². The summed E-state index contributed by atoms with van der Waals surface area (Å²) in [6.07, 6.45) is 11.4. The van der Waals surface area contributed by atoms with Crippen molar-refractivity contribution in [1.29, 1.82) is 0 Å². The predicted molar refractivity (Wildman–Crippen MR) is 86.2 cm³/mol. The first-order valence-corrected chi connectivity index (χ1v) is 7.95. The number of aryl methyl sites for hydroxylation is 1. The quantitative estimate of drug-likeness (QED) is 0.822. The van der Waals surface area contributed by atoms with Gasteiger partial charge in [-0.05, 0) is 43.5 Å². The van der Waals surface area contributed by atoms with Gasteiger partial charge in [-0.1, -0.05) is 38.2 Å². The second-order valence-corrected chi connectivity index (χ2v) is 6.02. The van der Waals surface area contributed by atoms with Crippen molar-refractivity contribution in [2.24, 2.45) is 0 Å². The third kappa shape index (κ3) is 2.95. The molecule has 2 nitrogen and oxygen atoms in total. The van der Waals surface area contributed by atoms with Crippen LogP contribution in [0.25, 0.3) is 10.9 Å². The first kappa shape index (κ1) is 13.4. The van der Waals surface area contributed by atoms with E-state index >= 15 is 0 Å². The Morgan fingerprint density at radius 1 is 1.00 bits per heavy atom. The number of hydrogen-bond acceptors (Lipinski definition) is 2. The van der Waals surface area contributed by atoms with Crippen LogP contribution in [-0.4, -0.2) is 11.0 Å². The molecule has 1 heterocycles. The number of pyridine rings is 1. The Labute approximate surface area is 121 Å². The van der Waals surface area contributed by atoms with Gasteiger partial charge in [0, 0.05) is 23.3 Å². The van der Waals surface area contributed by atoms with Gasteiger partial charge in [-0.2, -0.15) is 0 Å². The zero-order valence-electron chi connectivity index (χ0n) is 12.4. The molecule has 1 N–H and O–H groups in total. The highest BCUT2D eigenvalue weighted by Gasteiger charge is 2.13. The smallest absolute Gasteiger partial charge is 0.0751 e. The summed E-state index contributed by atoms with van der Waals surface area (Å²) in [7, 11) is 0. The molecule has 1 fully saturated rings. The van der Waals surface area contributed by atoms with E-state index in [9.17, 15) is 0 Å². The number of fused-ring (bicyclic) bond motifs is 1. The summed E-state index contributed by atoms with van der Waals surface area (Å²) in [5, 5.41) is 5.04. The number of nitrogens with one attached hydrogen (secondary N) is 1. The Bertz CT molecular complexity index is 569. The SMILES string of the molecule is Cc1ccc(NC2CCCCCCC2)c2cccnc12. The van der Waals surface area contributed by atoms with Crippen LogP contribution in [0.3, 0.4) is 0 Å². The standard InChI is InChI=1S/C18H24N2/c1-14-11-12-17(16-10-7-13-19-18(14)16)20-15-8-5-3-2-4-6-9-15/h7,10-13,15,20H,2-6,8-9H2,1H3. The van der Waals surface area contributed by atoms with Crippen molar-refractivity contribution in [2.45, 2.75) is 57.9 Å². The van der Waals surface area contributed by atoms with Gasteiger partial charge in [0.1, 0.15) is 0 Å². The van der Waals surface area contributed by atoms with Crippen molar-refractivity contribution < 1.29 is 0 Å². The normalized spacial score (nSPS) is 17.6. The van der Waals surface area contributed by atoms with Crippen LogP contribution in [0.1, 0.15) is 50.5 Å². The molecule has 0 radical (unpaired) electrons. The Balaban J connectivity index is 1.84. The van der Waals surface area contributed by atoms with E-state index in [0.29, 0.717) is 6.04 Å². The molecule has 0 amide bonds. The highest BCUT2D eigenvalue weighted by atomic mass is 14.9. The summed E-state index contributed by atoms with van der Waals surface area (Å²) in [4.78, 5) is 4.53. The summed E-state index contributed by atoms with van der Waals surface area (Å²) in [6.45, 7) is 2.13. The van der Waals surface area contributed by atoms with E-state index < -0.39 is 0 Å². The van der Waals surface area contributed by atoms with E-state index in [2.05, 4.69) is 35.4 Å². The molecule has 2 heteroatoms. The molecule has 1 aromatic heterocycles. The van der Waals surface area contributed by atoms with Crippen LogP contribution in [-0.2, 0) is 0 Å². The third-order valence-corrected chi connectivity index (χ3v) is 4.44. The van der Waals surface area contributed by atoms with Gasteiger partial charge in [0.15, 0.2) is 0 Å². The molecule has 1 aromatic carbocycles. The lowest BCUT2D eigenvalue weighted by Crippen LogP contribution is -2.20. The lowest BCUT2D eigenvalue weighted by Gasteiger charge is -2.23. The zero-order valence-corrected chi connectivity index (χ0v) is 12.4. The van der Waals surface area contributed by atoms with Gasteiger partial charge in [-0.25, -0.2) is 0 Å². The minimum absolute atomic E-state index is 0.626. The summed E-state index contributed by atoms with van der Waals surface area (Å²) in [5.41, 5.74) is 3.64. The van der Waals surface area contributed by atoms with Gasteiger partial charge in [-0.15, -0.1) is 0 Å². The van der Waals surface area contributed by atoms with Crippen LogP contribution in [0.15, 0.2) is 30.5 Å². The molecular formula is C18H24N2. The highest BCUT2D eigenvalue weighted by molar-refractivity contribution is 5.93. The zero-order chi connectivity index (χ0) is 13.8. The fraction of sp³-hybridized carbons (Fsp3) is 0.500. The monoisotopic (exact) mass is 268 g/mol. The summed E-state index contributed by atoms with van der Waals surface area (Å²) in [6, 6.07) is 9.24. The van der Waals surface area contributed by atoms with E-state index in [1.54, 1.807) is 0 Å². The maximum absolute atomic E-state index is 4.53. The van der Waals surface area contributed by atoms with Crippen LogP contribution >= 0.6 is 0 Å². The van der Waals surface area contributed by atoms with Crippen molar-refractivity contribution in [3.8, 4) is 0 Å². The molecule has 0 aliphatic heterocycles. The minimum atomic E-state index is 0.626. The maximum atomic E-state index is 4.53. The van der Waals surface area contributed by atoms with Crippen molar-refractivity contribution >= 4 is 16.6 Å². The molecule has 1 saturated carbocycles. The average Bonchev–Trinajstić information content (AvgIpc) is 2.44. The van der Waals surface area contributed by atoms with Gasteiger partial charge >= 0.3 is 0 Å². The van der Waals surface area contributed by atoms with Gasteiger partial charge in [0.25, 0.3) is 0 Å². The average molecular weight is 268 g/mol. The van der Waals surface area contributed by atoms with Crippen LogP contribution < -0.4 is 5.32 Å². The number of aromatic nitrogens is 1. The van der Waals surface area contributed by atoms with Gasteiger partial charge < -0.3 is 5.32 Å². The van der Waals surface area contributed by atoms with E-state index in [1.807, 2.05) is 12.3 Å². The molecule has 0 bridgehead atoms. The summed E-state index contributed by atoms with van der Waals surface area (Å²) in [5.74, 6) is 0. The van der Waals surface area contributed by atoms with Crippen LogP contribution in [0.5, 0.6) is 0 Å².